The van der Waals surface area contributed by atoms with Gasteiger partial charge in [0.05, 0.1) is 23.8 Å². The largest absolute Gasteiger partial charge is 0.347 e. The Morgan fingerprint density at radius 2 is 1.80 bits per heavy atom. The van der Waals surface area contributed by atoms with Crippen LogP contribution >= 0.6 is 23.2 Å². The normalized spacial score (nSPS) is 21.4. The molecule has 4 nitrogen and oxygen atoms in total. The van der Waals surface area contributed by atoms with Crippen molar-refractivity contribution >= 4 is 29.1 Å². The number of rotatable bonds is 1. The van der Waals surface area contributed by atoms with E-state index in [1.807, 2.05) is 0 Å². The van der Waals surface area contributed by atoms with Crippen molar-refractivity contribution in [2.75, 3.05) is 26.3 Å². The monoisotopic (exact) mass is 315 g/mol. The van der Waals surface area contributed by atoms with E-state index < -0.39 is 5.79 Å². The van der Waals surface area contributed by atoms with Crippen molar-refractivity contribution in [1.29, 1.82) is 0 Å². The number of benzene rings is 1. The second-order valence-corrected chi connectivity index (χ2v) is 5.87. The number of ether oxygens (including phenoxy) is 2. The number of piperidine rings is 1. The zero-order valence-corrected chi connectivity index (χ0v) is 12.4. The first-order valence-electron chi connectivity index (χ1n) is 6.62. The SMILES string of the molecule is O=C(c1cc(Cl)ccc1Cl)N1CCC2(CC1)OCCO2. The van der Waals surface area contributed by atoms with Crippen LogP contribution in [0.3, 0.4) is 0 Å². The van der Waals surface area contributed by atoms with E-state index in [0.29, 0.717) is 54.8 Å². The van der Waals surface area contributed by atoms with E-state index in [1.165, 1.54) is 0 Å². The van der Waals surface area contributed by atoms with Gasteiger partial charge < -0.3 is 14.4 Å². The number of hydrogen-bond acceptors (Lipinski definition) is 3. The molecule has 2 heterocycles. The first-order valence-corrected chi connectivity index (χ1v) is 7.37. The third-order valence-electron chi connectivity index (χ3n) is 3.78. The van der Waals surface area contributed by atoms with Crippen LogP contribution in [-0.4, -0.2) is 42.9 Å². The third kappa shape index (κ3) is 2.66. The highest BCUT2D eigenvalue weighted by Crippen LogP contribution is 2.32. The summed E-state index contributed by atoms with van der Waals surface area (Å²) in [5.74, 6) is -0.570. The maximum absolute atomic E-state index is 12.5. The molecule has 6 heteroatoms. The Balaban J connectivity index is 1.71. The third-order valence-corrected chi connectivity index (χ3v) is 4.35. The second kappa shape index (κ2) is 5.53. The highest BCUT2D eigenvalue weighted by Gasteiger charge is 2.41. The predicted octanol–water partition coefficient (Wildman–Crippen LogP) is 2.97. The van der Waals surface area contributed by atoms with E-state index in [4.69, 9.17) is 32.7 Å². The first-order chi connectivity index (χ1) is 9.60. The van der Waals surface area contributed by atoms with Crippen LogP contribution in [0.1, 0.15) is 23.2 Å². The van der Waals surface area contributed by atoms with Gasteiger partial charge in [-0.05, 0) is 18.2 Å². The molecule has 20 heavy (non-hydrogen) atoms. The lowest BCUT2D eigenvalue weighted by molar-refractivity contribution is -0.181. The number of carbonyl (C=O) groups excluding carboxylic acids is 1. The molecule has 1 spiro atoms. The molecule has 0 atom stereocenters. The molecule has 1 aromatic rings. The Labute approximate surface area is 127 Å². The number of amides is 1. The molecule has 0 unspecified atom stereocenters. The van der Waals surface area contributed by atoms with Gasteiger partial charge in [-0.2, -0.15) is 0 Å². The van der Waals surface area contributed by atoms with Gasteiger partial charge in [0.2, 0.25) is 0 Å². The highest BCUT2D eigenvalue weighted by atomic mass is 35.5. The molecular weight excluding hydrogens is 301 g/mol. The minimum absolute atomic E-state index is 0.0923. The van der Waals surface area contributed by atoms with E-state index in [-0.39, 0.29) is 5.91 Å². The summed E-state index contributed by atoms with van der Waals surface area (Å²) in [5.41, 5.74) is 0.448. The molecule has 0 bridgehead atoms. The molecular formula is C14H15Cl2NO3. The van der Waals surface area contributed by atoms with Gasteiger partial charge in [0.1, 0.15) is 0 Å². The van der Waals surface area contributed by atoms with E-state index >= 15 is 0 Å². The van der Waals surface area contributed by atoms with Crippen LogP contribution in [0.4, 0.5) is 0 Å². The molecule has 2 aliphatic rings. The molecule has 1 amide bonds. The zero-order chi connectivity index (χ0) is 14.2. The van der Waals surface area contributed by atoms with Crippen LogP contribution in [0.25, 0.3) is 0 Å². The first kappa shape index (κ1) is 14.1. The smallest absolute Gasteiger partial charge is 0.255 e. The van der Waals surface area contributed by atoms with Gasteiger partial charge >= 0.3 is 0 Å². The minimum Gasteiger partial charge on any atom is -0.347 e. The Kier molecular flexibility index (Phi) is 3.91. The average Bonchev–Trinajstić information content (AvgIpc) is 2.90. The lowest BCUT2D eigenvalue weighted by Crippen LogP contribution is -2.47. The van der Waals surface area contributed by atoms with E-state index in [2.05, 4.69) is 0 Å². The van der Waals surface area contributed by atoms with Crippen LogP contribution < -0.4 is 0 Å². The number of nitrogens with zero attached hydrogens (tertiary/aromatic N) is 1. The highest BCUT2D eigenvalue weighted by molar-refractivity contribution is 6.35. The standard InChI is InChI=1S/C14H15Cl2NO3/c15-10-1-2-12(16)11(9-10)13(18)17-5-3-14(4-6-17)19-7-8-20-14/h1-2,9H,3-8H2. The molecule has 0 aliphatic carbocycles. The molecule has 1 aromatic carbocycles. The number of hydrogen-bond donors (Lipinski definition) is 0. The minimum atomic E-state index is -0.477. The summed E-state index contributed by atoms with van der Waals surface area (Å²) in [6.07, 6.45) is 1.38. The van der Waals surface area contributed by atoms with Gasteiger partial charge in [-0.15, -0.1) is 0 Å². The van der Waals surface area contributed by atoms with Crippen molar-refractivity contribution in [3.05, 3.63) is 33.8 Å². The molecule has 0 N–H and O–H groups in total. The summed E-state index contributed by atoms with van der Waals surface area (Å²) < 4.78 is 11.3. The molecule has 2 aliphatic heterocycles. The van der Waals surface area contributed by atoms with Crippen molar-refractivity contribution in [2.45, 2.75) is 18.6 Å². The van der Waals surface area contributed by atoms with Crippen LogP contribution in [0.5, 0.6) is 0 Å². The van der Waals surface area contributed by atoms with Crippen LogP contribution in [0.15, 0.2) is 18.2 Å². The van der Waals surface area contributed by atoms with Gasteiger partial charge in [-0.3, -0.25) is 4.79 Å². The molecule has 0 saturated carbocycles. The van der Waals surface area contributed by atoms with E-state index in [0.717, 1.165) is 0 Å². The fourth-order valence-corrected chi connectivity index (χ4v) is 3.04. The second-order valence-electron chi connectivity index (χ2n) is 5.02. The number of likely N-dealkylation sites (tertiary alicyclic amines) is 1. The fraction of sp³-hybridized carbons (Fsp3) is 0.500. The van der Waals surface area contributed by atoms with Crippen molar-refractivity contribution in [3.63, 3.8) is 0 Å². The van der Waals surface area contributed by atoms with Gasteiger partial charge in [-0.25, -0.2) is 0 Å². The Morgan fingerprint density at radius 3 is 2.45 bits per heavy atom. The summed E-state index contributed by atoms with van der Waals surface area (Å²) in [6.45, 7) is 2.46. The molecule has 2 saturated heterocycles. The maximum Gasteiger partial charge on any atom is 0.255 e. The van der Waals surface area contributed by atoms with Crippen molar-refractivity contribution < 1.29 is 14.3 Å². The van der Waals surface area contributed by atoms with E-state index in [9.17, 15) is 4.79 Å². The molecule has 108 valence electrons. The number of halogens is 2. The van der Waals surface area contributed by atoms with Crippen molar-refractivity contribution in [3.8, 4) is 0 Å². The summed E-state index contributed by atoms with van der Waals surface area (Å²) in [5, 5.41) is 0.932. The molecule has 2 fully saturated rings. The van der Waals surface area contributed by atoms with Crippen LogP contribution in [0.2, 0.25) is 10.0 Å². The van der Waals surface area contributed by atoms with Gasteiger partial charge in [0.15, 0.2) is 5.79 Å². The van der Waals surface area contributed by atoms with Crippen molar-refractivity contribution in [1.82, 2.24) is 4.90 Å². The molecule has 3 rings (SSSR count). The average molecular weight is 316 g/mol. The molecule has 0 radical (unpaired) electrons. The topological polar surface area (TPSA) is 38.8 Å². The van der Waals surface area contributed by atoms with Gasteiger partial charge in [0.25, 0.3) is 5.91 Å². The lowest BCUT2D eigenvalue weighted by atomic mass is 10.0. The zero-order valence-electron chi connectivity index (χ0n) is 10.9. The fourth-order valence-electron chi connectivity index (χ4n) is 2.67. The van der Waals surface area contributed by atoms with Crippen molar-refractivity contribution in [2.24, 2.45) is 0 Å². The Morgan fingerprint density at radius 1 is 1.15 bits per heavy atom. The summed E-state index contributed by atoms with van der Waals surface area (Å²) in [4.78, 5) is 14.2. The van der Waals surface area contributed by atoms with Gasteiger partial charge in [0, 0.05) is 31.0 Å². The Bertz CT molecular complexity index is 519. The van der Waals surface area contributed by atoms with Crippen LogP contribution in [0, 0.1) is 0 Å². The van der Waals surface area contributed by atoms with E-state index in [1.54, 1.807) is 23.1 Å². The summed E-state index contributed by atoms with van der Waals surface area (Å²) in [7, 11) is 0. The van der Waals surface area contributed by atoms with Crippen LogP contribution in [-0.2, 0) is 9.47 Å². The summed E-state index contributed by atoms with van der Waals surface area (Å²) in [6, 6.07) is 4.93. The number of carbonyl (C=O) groups is 1. The summed E-state index contributed by atoms with van der Waals surface area (Å²) >= 11 is 12.0. The quantitative estimate of drug-likeness (QED) is 0.799. The maximum atomic E-state index is 12.5. The predicted molar refractivity (Wildman–Crippen MR) is 76.2 cm³/mol. The molecule has 0 aromatic heterocycles. The lowest BCUT2D eigenvalue weighted by Gasteiger charge is -2.37. The van der Waals surface area contributed by atoms with Gasteiger partial charge in [-0.1, -0.05) is 23.2 Å². The Hall–Kier alpha value is -0.810.